The van der Waals surface area contributed by atoms with Gasteiger partial charge in [-0.1, -0.05) is 12.1 Å². The van der Waals surface area contributed by atoms with Crippen LogP contribution < -0.4 is 4.74 Å². The number of halogens is 2. The minimum Gasteiger partial charge on any atom is -0.456 e. The summed E-state index contributed by atoms with van der Waals surface area (Å²) in [6, 6.07) is 14.3. The van der Waals surface area contributed by atoms with Gasteiger partial charge >= 0.3 is 0 Å². The summed E-state index contributed by atoms with van der Waals surface area (Å²) in [5.74, 6) is 0.786. The standard InChI is InChI=1S/C16H11BrFNO/c1-10-8-16(12-4-2-3-5-15(12)19-10)20-11-6-7-13(17)14(18)9-11/h2-9H,1H3. The number of hydrogen-bond donors (Lipinski definition) is 0. The molecule has 0 bridgehead atoms. The van der Waals surface area contributed by atoms with Crippen molar-refractivity contribution in [2.45, 2.75) is 6.92 Å². The van der Waals surface area contributed by atoms with Gasteiger partial charge in [0.2, 0.25) is 0 Å². The molecule has 20 heavy (non-hydrogen) atoms. The third-order valence-corrected chi connectivity index (χ3v) is 3.57. The second-order valence-electron chi connectivity index (χ2n) is 4.46. The quantitative estimate of drug-likeness (QED) is 0.640. The van der Waals surface area contributed by atoms with Gasteiger partial charge in [-0.05, 0) is 47.1 Å². The van der Waals surface area contributed by atoms with E-state index in [0.29, 0.717) is 16.0 Å². The Hall–Kier alpha value is -1.94. The molecule has 1 aromatic heterocycles. The molecule has 3 aromatic rings. The highest BCUT2D eigenvalue weighted by Crippen LogP contribution is 2.31. The van der Waals surface area contributed by atoms with Crippen LogP contribution in [0.4, 0.5) is 4.39 Å². The highest BCUT2D eigenvalue weighted by Gasteiger charge is 2.07. The van der Waals surface area contributed by atoms with Gasteiger partial charge in [-0.15, -0.1) is 0 Å². The molecule has 0 unspecified atom stereocenters. The van der Waals surface area contributed by atoms with Crippen molar-refractivity contribution in [3.63, 3.8) is 0 Å². The zero-order chi connectivity index (χ0) is 14.1. The molecule has 4 heteroatoms. The molecule has 0 aliphatic carbocycles. The summed E-state index contributed by atoms with van der Waals surface area (Å²) in [6.45, 7) is 1.90. The smallest absolute Gasteiger partial charge is 0.141 e. The predicted octanol–water partition coefficient (Wildman–Crippen LogP) is 5.24. The van der Waals surface area contributed by atoms with Crippen molar-refractivity contribution in [2.75, 3.05) is 0 Å². The van der Waals surface area contributed by atoms with Crippen molar-refractivity contribution in [3.8, 4) is 11.5 Å². The fraction of sp³-hybridized carbons (Fsp3) is 0.0625. The number of aryl methyl sites for hydroxylation is 1. The van der Waals surface area contributed by atoms with Crippen LogP contribution in [0.15, 0.2) is 53.0 Å². The second kappa shape index (κ2) is 5.21. The number of para-hydroxylation sites is 1. The lowest BCUT2D eigenvalue weighted by Gasteiger charge is -2.10. The fourth-order valence-corrected chi connectivity index (χ4v) is 2.27. The summed E-state index contributed by atoms with van der Waals surface area (Å²) < 4.78 is 19.8. The lowest BCUT2D eigenvalue weighted by molar-refractivity contribution is 0.480. The minimum atomic E-state index is -0.349. The summed E-state index contributed by atoms with van der Waals surface area (Å²) in [5, 5.41) is 0.904. The van der Waals surface area contributed by atoms with Crippen LogP contribution >= 0.6 is 15.9 Å². The first-order valence-corrected chi connectivity index (χ1v) is 6.92. The van der Waals surface area contributed by atoms with Gasteiger partial charge in [0.05, 0.1) is 9.99 Å². The van der Waals surface area contributed by atoms with Gasteiger partial charge in [-0.2, -0.15) is 0 Å². The molecule has 1 heterocycles. The number of rotatable bonds is 2. The highest BCUT2D eigenvalue weighted by atomic mass is 79.9. The maximum absolute atomic E-state index is 13.5. The Morgan fingerprint density at radius 1 is 1.10 bits per heavy atom. The molecule has 0 amide bonds. The number of fused-ring (bicyclic) bond motifs is 1. The van der Waals surface area contributed by atoms with Crippen molar-refractivity contribution >= 4 is 26.8 Å². The summed E-state index contributed by atoms with van der Waals surface area (Å²) in [6.07, 6.45) is 0. The Morgan fingerprint density at radius 3 is 2.70 bits per heavy atom. The number of benzene rings is 2. The molecule has 3 rings (SSSR count). The first kappa shape index (κ1) is 13.1. The van der Waals surface area contributed by atoms with Crippen LogP contribution in [0.2, 0.25) is 0 Å². The number of pyridine rings is 1. The third-order valence-electron chi connectivity index (χ3n) is 2.93. The molecule has 2 aromatic carbocycles. The molecular weight excluding hydrogens is 321 g/mol. The molecule has 0 saturated carbocycles. The van der Waals surface area contributed by atoms with Crippen molar-refractivity contribution in [3.05, 3.63) is 64.5 Å². The van der Waals surface area contributed by atoms with Gasteiger partial charge in [-0.3, -0.25) is 4.98 Å². The Morgan fingerprint density at radius 2 is 1.90 bits per heavy atom. The van der Waals surface area contributed by atoms with Crippen molar-refractivity contribution < 1.29 is 9.13 Å². The van der Waals surface area contributed by atoms with Gasteiger partial charge in [0.25, 0.3) is 0 Å². The van der Waals surface area contributed by atoms with Crippen LogP contribution in [0.25, 0.3) is 10.9 Å². The molecule has 0 aliphatic rings. The molecule has 100 valence electrons. The Bertz CT molecular complexity index is 789. The normalized spacial score (nSPS) is 10.8. The average molecular weight is 332 g/mol. The number of aromatic nitrogens is 1. The molecule has 0 fully saturated rings. The highest BCUT2D eigenvalue weighted by molar-refractivity contribution is 9.10. The number of nitrogens with zero attached hydrogens (tertiary/aromatic N) is 1. The zero-order valence-corrected chi connectivity index (χ0v) is 12.3. The lowest BCUT2D eigenvalue weighted by Crippen LogP contribution is -1.91. The second-order valence-corrected chi connectivity index (χ2v) is 5.31. The van der Waals surface area contributed by atoms with Gasteiger partial charge in [0, 0.05) is 23.2 Å². The topological polar surface area (TPSA) is 22.1 Å². The SMILES string of the molecule is Cc1cc(Oc2ccc(Br)c(F)c2)c2ccccc2n1. The van der Waals surface area contributed by atoms with Crippen LogP contribution in [0.1, 0.15) is 5.69 Å². The zero-order valence-electron chi connectivity index (χ0n) is 10.7. The average Bonchev–Trinajstić information content (AvgIpc) is 2.43. The first-order chi connectivity index (χ1) is 9.63. The summed E-state index contributed by atoms with van der Waals surface area (Å²) >= 11 is 3.13. The van der Waals surface area contributed by atoms with Crippen molar-refractivity contribution in [2.24, 2.45) is 0 Å². The van der Waals surface area contributed by atoms with E-state index in [1.165, 1.54) is 6.07 Å². The molecule has 0 aliphatic heterocycles. The molecule has 2 nitrogen and oxygen atoms in total. The van der Waals surface area contributed by atoms with E-state index < -0.39 is 0 Å². The molecule has 0 saturated heterocycles. The maximum Gasteiger partial charge on any atom is 0.141 e. The molecule has 0 N–H and O–H groups in total. The Balaban J connectivity index is 2.07. The molecular formula is C16H11BrFNO. The van der Waals surface area contributed by atoms with E-state index >= 15 is 0 Å². The predicted molar refractivity (Wildman–Crippen MR) is 80.7 cm³/mol. The van der Waals surface area contributed by atoms with E-state index in [2.05, 4.69) is 20.9 Å². The van der Waals surface area contributed by atoms with Gasteiger partial charge in [0.1, 0.15) is 17.3 Å². The van der Waals surface area contributed by atoms with Crippen molar-refractivity contribution in [1.82, 2.24) is 4.98 Å². The van der Waals surface area contributed by atoms with Crippen LogP contribution in [0, 0.1) is 12.7 Å². The lowest BCUT2D eigenvalue weighted by atomic mass is 10.2. The third kappa shape index (κ3) is 2.51. The first-order valence-electron chi connectivity index (χ1n) is 6.13. The van der Waals surface area contributed by atoms with E-state index in [4.69, 9.17) is 4.74 Å². The summed E-state index contributed by atoms with van der Waals surface area (Å²) in [5.41, 5.74) is 1.72. The van der Waals surface area contributed by atoms with Gasteiger partial charge in [0.15, 0.2) is 0 Å². The van der Waals surface area contributed by atoms with E-state index in [1.54, 1.807) is 12.1 Å². The summed E-state index contributed by atoms with van der Waals surface area (Å²) in [7, 11) is 0. The largest absolute Gasteiger partial charge is 0.456 e. The molecule has 0 radical (unpaired) electrons. The van der Waals surface area contributed by atoms with Gasteiger partial charge in [-0.25, -0.2) is 4.39 Å². The summed E-state index contributed by atoms with van der Waals surface area (Å²) in [4.78, 5) is 4.45. The van der Waals surface area contributed by atoms with Crippen molar-refractivity contribution in [1.29, 1.82) is 0 Å². The van der Waals surface area contributed by atoms with E-state index in [9.17, 15) is 4.39 Å². The minimum absolute atomic E-state index is 0.349. The van der Waals surface area contributed by atoms with Crippen LogP contribution in [-0.2, 0) is 0 Å². The van der Waals surface area contributed by atoms with Gasteiger partial charge < -0.3 is 4.74 Å². The molecule has 0 spiro atoms. The Labute approximate surface area is 124 Å². The monoisotopic (exact) mass is 331 g/mol. The maximum atomic E-state index is 13.5. The number of ether oxygens (including phenoxy) is 1. The number of hydrogen-bond acceptors (Lipinski definition) is 2. The van der Waals surface area contributed by atoms with E-state index in [0.717, 1.165) is 16.6 Å². The van der Waals surface area contributed by atoms with Crippen LogP contribution in [-0.4, -0.2) is 4.98 Å². The molecule has 0 atom stereocenters. The fourth-order valence-electron chi connectivity index (χ4n) is 2.02. The Kier molecular flexibility index (Phi) is 3.40. The van der Waals surface area contributed by atoms with Crippen LogP contribution in [0.3, 0.4) is 0 Å². The van der Waals surface area contributed by atoms with E-state index in [-0.39, 0.29) is 5.82 Å². The van der Waals surface area contributed by atoms with E-state index in [1.807, 2.05) is 37.3 Å². The van der Waals surface area contributed by atoms with Crippen LogP contribution in [0.5, 0.6) is 11.5 Å².